The van der Waals surface area contributed by atoms with Gasteiger partial charge < -0.3 is 10.1 Å². The summed E-state index contributed by atoms with van der Waals surface area (Å²) < 4.78 is 28.0. The average Bonchev–Trinajstić information content (AvgIpc) is 2.09. The predicted molar refractivity (Wildman–Crippen MR) is 52.3 cm³/mol. The minimum absolute atomic E-state index is 0.250. The molecule has 0 rings (SSSR count). The lowest BCUT2D eigenvalue weighted by atomic mass is 10.3. The number of hydrogen-bond acceptors (Lipinski definition) is 5. The van der Waals surface area contributed by atoms with E-state index < -0.39 is 16.1 Å². The van der Waals surface area contributed by atoms with Gasteiger partial charge in [0.05, 0.1) is 13.4 Å². The third kappa shape index (κ3) is 6.81. The lowest BCUT2D eigenvalue weighted by Gasteiger charge is -2.10. The van der Waals surface area contributed by atoms with E-state index in [1.54, 1.807) is 6.92 Å². The second-order valence-corrected chi connectivity index (χ2v) is 4.70. The van der Waals surface area contributed by atoms with Crippen molar-refractivity contribution in [3.63, 3.8) is 0 Å². The van der Waals surface area contributed by atoms with Gasteiger partial charge in [-0.15, -0.1) is 0 Å². The summed E-state index contributed by atoms with van der Waals surface area (Å²) in [5.74, 6) is -0.371. The molecule has 0 amide bonds. The lowest BCUT2D eigenvalue weighted by molar-refractivity contribution is -0.142. The van der Waals surface area contributed by atoms with Gasteiger partial charge in [0.2, 0.25) is 10.0 Å². The highest BCUT2D eigenvalue weighted by Gasteiger charge is 2.11. The van der Waals surface area contributed by atoms with Gasteiger partial charge in [-0.25, -0.2) is 13.1 Å². The number of sulfonamides is 1. The Balaban J connectivity index is 3.60. The molecule has 2 N–H and O–H groups in total. The summed E-state index contributed by atoms with van der Waals surface area (Å²) in [6.45, 7) is 2.27. The molecule has 0 aromatic heterocycles. The molecule has 0 spiro atoms. The fourth-order valence-electron chi connectivity index (χ4n) is 0.785. The van der Waals surface area contributed by atoms with E-state index in [2.05, 4.69) is 14.8 Å². The highest BCUT2D eigenvalue weighted by atomic mass is 32.2. The quantitative estimate of drug-likeness (QED) is 0.432. The van der Waals surface area contributed by atoms with Gasteiger partial charge in [0.25, 0.3) is 0 Å². The van der Waals surface area contributed by atoms with Crippen molar-refractivity contribution in [1.29, 1.82) is 0 Å². The van der Waals surface area contributed by atoms with Crippen LogP contribution in [0.25, 0.3) is 0 Å². The van der Waals surface area contributed by atoms with Crippen molar-refractivity contribution in [2.75, 3.05) is 26.5 Å². The topological polar surface area (TPSA) is 84.5 Å². The second-order valence-electron chi connectivity index (χ2n) is 2.87. The molecule has 0 aliphatic heterocycles. The van der Waals surface area contributed by atoms with Crippen molar-refractivity contribution < 1.29 is 17.9 Å². The van der Waals surface area contributed by atoms with Crippen LogP contribution in [0.3, 0.4) is 0 Å². The van der Waals surface area contributed by atoms with Crippen LogP contribution in [-0.2, 0) is 19.6 Å². The van der Waals surface area contributed by atoms with Gasteiger partial charge in [-0.05, 0) is 6.92 Å². The Labute approximate surface area is 84.1 Å². The first-order chi connectivity index (χ1) is 6.37. The van der Waals surface area contributed by atoms with E-state index in [9.17, 15) is 13.2 Å². The van der Waals surface area contributed by atoms with Gasteiger partial charge in [-0.3, -0.25) is 4.79 Å². The fourth-order valence-corrected chi connectivity index (χ4v) is 1.26. The summed E-state index contributed by atoms with van der Waals surface area (Å²) in [7, 11) is -1.85. The molecule has 1 unspecified atom stereocenters. The van der Waals surface area contributed by atoms with E-state index in [-0.39, 0.29) is 12.5 Å². The Bertz CT molecular complexity index is 275. The van der Waals surface area contributed by atoms with Crippen LogP contribution in [0.5, 0.6) is 0 Å². The maximum Gasteiger partial charge on any atom is 0.322 e. The van der Waals surface area contributed by atoms with Crippen molar-refractivity contribution in [1.82, 2.24) is 10.0 Å². The molecule has 7 heteroatoms. The van der Waals surface area contributed by atoms with Gasteiger partial charge in [0, 0.05) is 13.1 Å². The maximum atomic E-state index is 10.9. The summed E-state index contributed by atoms with van der Waals surface area (Å²) in [4.78, 5) is 10.9. The summed E-state index contributed by atoms with van der Waals surface area (Å²) in [6.07, 6.45) is 1.08. The molecule has 0 aromatic rings. The predicted octanol–water partition coefficient (Wildman–Crippen LogP) is -1.31. The molecule has 0 aromatic carbocycles. The van der Waals surface area contributed by atoms with Crippen LogP contribution in [0.2, 0.25) is 0 Å². The van der Waals surface area contributed by atoms with Crippen LogP contribution >= 0.6 is 0 Å². The minimum atomic E-state index is -3.15. The van der Waals surface area contributed by atoms with E-state index in [4.69, 9.17) is 0 Å². The molecule has 0 fully saturated rings. The van der Waals surface area contributed by atoms with Crippen LogP contribution in [0.4, 0.5) is 0 Å². The lowest BCUT2D eigenvalue weighted by Crippen LogP contribution is -2.39. The van der Waals surface area contributed by atoms with Crippen molar-refractivity contribution in [3.8, 4) is 0 Å². The van der Waals surface area contributed by atoms with Crippen molar-refractivity contribution >= 4 is 16.0 Å². The third-order valence-corrected chi connectivity index (χ3v) is 2.22. The van der Waals surface area contributed by atoms with Crippen molar-refractivity contribution in [2.45, 2.75) is 13.0 Å². The highest BCUT2D eigenvalue weighted by Crippen LogP contribution is 1.84. The summed E-state index contributed by atoms with van der Waals surface area (Å²) in [5, 5.41) is 2.80. The summed E-state index contributed by atoms with van der Waals surface area (Å²) in [5.41, 5.74) is 0. The number of carbonyl (C=O) groups is 1. The van der Waals surface area contributed by atoms with Crippen LogP contribution in [0.15, 0.2) is 0 Å². The van der Waals surface area contributed by atoms with E-state index >= 15 is 0 Å². The first-order valence-corrected chi connectivity index (χ1v) is 6.02. The SMILES string of the molecule is COC(=O)C(C)NCCNS(C)(=O)=O. The smallest absolute Gasteiger partial charge is 0.322 e. The van der Waals surface area contributed by atoms with Gasteiger partial charge in [-0.2, -0.15) is 0 Å². The molecule has 0 saturated carbocycles. The van der Waals surface area contributed by atoms with Crippen LogP contribution in [0.1, 0.15) is 6.92 Å². The van der Waals surface area contributed by atoms with Gasteiger partial charge in [-0.1, -0.05) is 0 Å². The maximum absolute atomic E-state index is 10.9. The van der Waals surface area contributed by atoms with E-state index in [1.807, 2.05) is 0 Å². The van der Waals surface area contributed by atoms with Gasteiger partial charge in [0.15, 0.2) is 0 Å². The molecule has 0 aliphatic carbocycles. The number of esters is 1. The Morgan fingerprint density at radius 1 is 1.43 bits per heavy atom. The summed E-state index contributed by atoms with van der Waals surface area (Å²) in [6, 6.07) is -0.429. The summed E-state index contributed by atoms with van der Waals surface area (Å²) >= 11 is 0. The molecular formula is C7H16N2O4S. The molecule has 6 nitrogen and oxygen atoms in total. The van der Waals surface area contributed by atoms with Crippen molar-refractivity contribution in [2.24, 2.45) is 0 Å². The number of carbonyl (C=O) groups excluding carboxylic acids is 1. The molecule has 1 atom stereocenters. The zero-order valence-corrected chi connectivity index (χ0v) is 9.35. The second kappa shape index (κ2) is 5.94. The zero-order chi connectivity index (χ0) is 11.2. The van der Waals surface area contributed by atoms with Crippen molar-refractivity contribution in [3.05, 3.63) is 0 Å². The van der Waals surface area contributed by atoms with Gasteiger partial charge >= 0.3 is 5.97 Å². The average molecular weight is 224 g/mol. The molecule has 0 saturated heterocycles. The van der Waals surface area contributed by atoms with Crippen LogP contribution < -0.4 is 10.0 Å². The highest BCUT2D eigenvalue weighted by molar-refractivity contribution is 7.88. The largest absolute Gasteiger partial charge is 0.468 e. The number of hydrogen-bond donors (Lipinski definition) is 2. The van der Waals surface area contributed by atoms with E-state index in [0.717, 1.165) is 6.26 Å². The zero-order valence-electron chi connectivity index (χ0n) is 8.53. The third-order valence-electron chi connectivity index (χ3n) is 1.49. The molecular weight excluding hydrogens is 208 g/mol. The number of nitrogens with one attached hydrogen (secondary N) is 2. The Kier molecular flexibility index (Phi) is 5.66. The first-order valence-electron chi connectivity index (χ1n) is 4.12. The number of rotatable bonds is 6. The minimum Gasteiger partial charge on any atom is -0.468 e. The standard InChI is InChI=1S/C7H16N2O4S/c1-6(7(10)13-2)8-4-5-9-14(3,11)12/h6,8-9H,4-5H2,1-3H3. The Morgan fingerprint density at radius 2 is 2.00 bits per heavy atom. The molecule has 14 heavy (non-hydrogen) atoms. The normalized spacial score (nSPS) is 13.6. The van der Waals surface area contributed by atoms with Crippen LogP contribution in [0, 0.1) is 0 Å². The van der Waals surface area contributed by atoms with Gasteiger partial charge in [0.1, 0.15) is 6.04 Å². The van der Waals surface area contributed by atoms with E-state index in [1.165, 1.54) is 7.11 Å². The first kappa shape index (κ1) is 13.3. The Morgan fingerprint density at radius 3 is 2.43 bits per heavy atom. The van der Waals surface area contributed by atoms with Crippen LogP contribution in [-0.4, -0.2) is 46.9 Å². The van der Waals surface area contributed by atoms with E-state index in [0.29, 0.717) is 6.54 Å². The molecule has 0 radical (unpaired) electrons. The molecule has 0 bridgehead atoms. The number of methoxy groups -OCH3 is 1. The molecule has 0 heterocycles. The number of ether oxygens (including phenoxy) is 1. The monoisotopic (exact) mass is 224 g/mol. The Hall–Kier alpha value is -0.660. The molecule has 84 valence electrons. The fraction of sp³-hybridized carbons (Fsp3) is 0.857. The molecule has 0 aliphatic rings.